The monoisotopic (exact) mass is 243 g/mol. The first-order valence-corrected chi connectivity index (χ1v) is 7.12. The van der Waals surface area contributed by atoms with Gasteiger partial charge in [0, 0.05) is 13.0 Å². The SMILES string of the molecule is O=C(C[C@H]1C[C@@H]2CC[C@@H]1C2)NCc1ccccc1. The van der Waals surface area contributed by atoms with Crippen LogP contribution in [0.15, 0.2) is 30.3 Å². The minimum atomic E-state index is 0.233. The van der Waals surface area contributed by atoms with E-state index >= 15 is 0 Å². The lowest BCUT2D eigenvalue weighted by atomic mass is 9.86. The van der Waals surface area contributed by atoms with Crippen molar-refractivity contribution >= 4 is 5.91 Å². The van der Waals surface area contributed by atoms with Crippen LogP contribution in [0.4, 0.5) is 0 Å². The second kappa shape index (κ2) is 5.13. The average molecular weight is 243 g/mol. The molecule has 96 valence electrons. The van der Waals surface area contributed by atoms with Gasteiger partial charge in [0.25, 0.3) is 0 Å². The molecule has 2 bridgehead atoms. The van der Waals surface area contributed by atoms with E-state index in [1.807, 2.05) is 18.2 Å². The van der Waals surface area contributed by atoms with E-state index < -0.39 is 0 Å². The van der Waals surface area contributed by atoms with Crippen LogP contribution in [0.1, 0.15) is 37.7 Å². The highest BCUT2D eigenvalue weighted by Gasteiger charge is 2.39. The number of benzene rings is 1. The van der Waals surface area contributed by atoms with Crippen LogP contribution in [-0.2, 0) is 11.3 Å². The predicted octanol–water partition coefficient (Wildman–Crippen LogP) is 3.13. The molecule has 0 aliphatic heterocycles. The number of amides is 1. The molecule has 2 fully saturated rings. The first-order valence-electron chi connectivity index (χ1n) is 7.12. The molecule has 1 N–H and O–H groups in total. The Morgan fingerprint density at radius 1 is 1.17 bits per heavy atom. The number of fused-ring (bicyclic) bond motifs is 2. The van der Waals surface area contributed by atoms with Crippen LogP contribution < -0.4 is 5.32 Å². The lowest BCUT2D eigenvalue weighted by Crippen LogP contribution is -2.26. The lowest BCUT2D eigenvalue weighted by molar-refractivity contribution is -0.122. The fraction of sp³-hybridized carbons (Fsp3) is 0.562. The summed E-state index contributed by atoms with van der Waals surface area (Å²) in [4.78, 5) is 11.9. The van der Waals surface area contributed by atoms with E-state index in [-0.39, 0.29) is 5.91 Å². The van der Waals surface area contributed by atoms with Crippen LogP contribution in [0.25, 0.3) is 0 Å². The smallest absolute Gasteiger partial charge is 0.220 e. The van der Waals surface area contributed by atoms with E-state index in [1.54, 1.807) is 0 Å². The maximum absolute atomic E-state index is 11.9. The van der Waals surface area contributed by atoms with Gasteiger partial charge in [0.15, 0.2) is 0 Å². The normalized spacial score (nSPS) is 29.4. The quantitative estimate of drug-likeness (QED) is 0.865. The average Bonchev–Trinajstić information content (AvgIpc) is 3.00. The van der Waals surface area contributed by atoms with Crippen LogP contribution in [0.5, 0.6) is 0 Å². The Kier molecular flexibility index (Phi) is 3.35. The highest BCUT2D eigenvalue weighted by molar-refractivity contribution is 5.76. The summed E-state index contributed by atoms with van der Waals surface area (Å²) in [6.07, 6.45) is 6.20. The third-order valence-corrected chi connectivity index (χ3v) is 4.66. The number of carbonyl (C=O) groups excluding carboxylic acids is 1. The van der Waals surface area contributed by atoms with Gasteiger partial charge >= 0.3 is 0 Å². The Bertz CT molecular complexity index is 414. The molecular formula is C16H21NO. The highest BCUT2D eigenvalue weighted by atomic mass is 16.1. The van der Waals surface area contributed by atoms with Crippen LogP contribution in [0.2, 0.25) is 0 Å². The van der Waals surface area contributed by atoms with Crippen LogP contribution >= 0.6 is 0 Å². The molecule has 0 aromatic heterocycles. The first kappa shape index (κ1) is 11.8. The molecule has 2 aliphatic carbocycles. The number of carbonyl (C=O) groups is 1. The van der Waals surface area contributed by atoms with Gasteiger partial charge < -0.3 is 5.32 Å². The van der Waals surface area contributed by atoms with E-state index in [0.717, 1.165) is 18.3 Å². The second-order valence-corrected chi connectivity index (χ2v) is 5.90. The Hall–Kier alpha value is -1.31. The molecule has 1 aromatic carbocycles. The molecular weight excluding hydrogens is 222 g/mol. The van der Waals surface area contributed by atoms with Crippen molar-refractivity contribution in [2.24, 2.45) is 17.8 Å². The molecule has 3 rings (SSSR count). The van der Waals surface area contributed by atoms with Crippen molar-refractivity contribution in [3.63, 3.8) is 0 Å². The summed E-state index contributed by atoms with van der Waals surface area (Å²) in [5.74, 6) is 2.68. The van der Waals surface area contributed by atoms with E-state index in [0.29, 0.717) is 12.5 Å². The Labute approximate surface area is 109 Å². The van der Waals surface area contributed by atoms with Crippen LogP contribution in [-0.4, -0.2) is 5.91 Å². The number of rotatable bonds is 4. The van der Waals surface area contributed by atoms with Gasteiger partial charge in [-0.3, -0.25) is 4.79 Å². The number of nitrogens with one attached hydrogen (secondary N) is 1. The standard InChI is InChI=1S/C16H21NO/c18-16(17-11-12-4-2-1-3-5-12)10-15-9-13-6-7-14(15)8-13/h1-5,13-15H,6-11H2,(H,17,18)/t13-,14-,15-/m1/s1. The number of hydrogen-bond donors (Lipinski definition) is 1. The van der Waals surface area contributed by atoms with Crippen molar-refractivity contribution in [2.75, 3.05) is 0 Å². The fourth-order valence-electron chi connectivity index (χ4n) is 3.73. The minimum absolute atomic E-state index is 0.233. The molecule has 0 radical (unpaired) electrons. The van der Waals surface area contributed by atoms with Gasteiger partial charge in [-0.1, -0.05) is 36.8 Å². The molecule has 2 nitrogen and oxygen atoms in total. The second-order valence-electron chi connectivity index (χ2n) is 5.90. The molecule has 2 aliphatic rings. The topological polar surface area (TPSA) is 29.1 Å². The van der Waals surface area contributed by atoms with Crippen molar-refractivity contribution in [1.82, 2.24) is 5.32 Å². The molecule has 0 unspecified atom stereocenters. The molecule has 18 heavy (non-hydrogen) atoms. The van der Waals surface area contributed by atoms with Gasteiger partial charge in [-0.2, -0.15) is 0 Å². The van der Waals surface area contributed by atoms with Gasteiger partial charge in [-0.05, 0) is 42.6 Å². The van der Waals surface area contributed by atoms with E-state index in [2.05, 4.69) is 17.4 Å². The van der Waals surface area contributed by atoms with Gasteiger partial charge in [0.05, 0.1) is 0 Å². The van der Waals surface area contributed by atoms with E-state index in [4.69, 9.17) is 0 Å². The lowest BCUT2D eigenvalue weighted by Gasteiger charge is -2.20. The van der Waals surface area contributed by atoms with Gasteiger partial charge in [-0.15, -0.1) is 0 Å². The first-order chi connectivity index (χ1) is 8.81. The molecule has 3 atom stereocenters. The Morgan fingerprint density at radius 2 is 2.00 bits per heavy atom. The van der Waals surface area contributed by atoms with Crippen molar-refractivity contribution in [2.45, 2.75) is 38.6 Å². The summed E-state index contributed by atoms with van der Waals surface area (Å²) in [6.45, 7) is 0.667. The molecule has 2 heteroatoms. The maximum Gasteiger partial charge on any atom is 0.220 e. The van der Waals surface area contributed by atoms with E-state index in [9.17, 15) is 4.79 Å². The zero-order valence-electron chi connectivity index (χ0n) is 10.8. The van der Waals surface area contributed by atoms with Gasteiger partial charge in [-0.25, -0.2) is 0 Å². The summed E-state index contributed by atoms with van der Waals surface area (Å²) in [7, 11) is 0. The summed E-state index contributed by atoms with van der Waals surface area (Å²) < 4.78 is 0. The van der Waals surface area contributed by atoms with E-state index in [1.165, 1.54) is 31.2 Å². The third kappa shape index (κ3) is 2.58. The summed E-state index contributed by atoms with van der Waals surface area (Å²) in [5, 5.41) is 3.05. The molecule has 0 heterocycles. The van der Waals surface area contributed by atoms with Crippen molar-refractivity contribution in [3.05, 3.63) is 35.9 Å². The van der Waals surface area contributed by atoms with Crippen molar-refractivity contribution in [3.8, 4) is 0 Å². The minimum Gasteiger partial charge on any atom is -0.352 e. The van der Waals surface area contributed by atoms with Crippen molar-refractivity contribution < 1.29 is 4.79 Å². The van der Waals surface area contributed by atoms with Crippen LogP contribution in [0, 0.1) is 17.8 Å². The summed E-state index contributed by atoms with van der Waals surface area (Å²) in [6, 6.07) is 10.1. The zero-order chi connectivity index (χ0) is 12.4. The molecule has 2 saturated carbocycles. The van der Waals surface area contributed by atoms with Gasteiger partial charge in [0.1, 0.15) is 0 Å². The van der Waals surface area contributed by atoms with Crippen LogP contribution in [0.3, 0.4) is 0 Å². The molecule has 1 aromatic rings. The maximum atomic E-state index is 11.9. The molecule has 1 amide bonds. The zero-order valence-corrected chi connectivity index (χ0v) is 10.8. The predicted molar refractivity (Wildman–Crippen MR) is 71.8 cm³/mol. The highest BCUT2D eigenvalue weighted by Crippen LogP contribution is 2.49. The van der Waals surface area contributed by atoms with Gasteiger partial charge in [0.2, 0.25) is 5.91 Å². The molecule has 0 saturated heterocycles. The largest absolute Gasteiger partial charge is 0.352 e. The Balaban J connectivity index is 1.45. The fourth-order valence-corrected chi connectivity index (χ4v) is 3.73. The summed E-state index contributed by atoms with van der Waals surface area (Å²) in [5.41, 5.74) is 1.18. The molecule has 0 spiro atoms. The third-order valence-electron chi connectivity index (χ3n) is 4.66. The number of hydrogen-bond acceptors (Lipinski definition) is 1. The Morgan fingerprint density at radius 3 is 2.67 bits per heavy atom. The summed E-state index contributed by atoms with van der Waals surface area (Å²) >= 11 is 0. The van der Waals surface area contributed by atoms with Crippen molar-refractivity contribution in [1.29, 1.82) is 0 Å².